The number of hydrogen-bond donors (Lipinski definition) is 3. The van der Waals surface area contributed by atoms with Crippen molar-refractivity contribution in [2.45, 2.75) is 19.5 Å². The van der Waals surface area contributed by atoms with Crippen LogP contribution in [-0.2, 0) is 6.54 Å². The minimum Gasteiger partial charge on any atom is -0.506 e. The Bertz CT molecular complexity index is 497. The zero-order chi connectivity index (χ0) is 13.0. The normalized spacial score (nSPS) is 12.6. The molecular weight excluding hydrogens is 232 g/mol. The minimum absolute atomic E-state index is 0.0832. The van der Waals surface area contributed by atoms with Gasteiger partial charge in [0.1, 0.15) is 11.5 Å². The van der Waals surface area contributed by atoms with E-state index in [0.29, 0.717) is 18.0 Å². The van der Waals surface area contributed by atoms with E-state index in [1.54, 1.807) is 30.5 Å². The van der Waals surface area contributed by atoms with E-state index in [4.69, 9.17) is 4.42 Å². The molecule has 0 spiro atoms. The Morgan fingerprint density at radius 3 is 2.89 bits per heavy atom. The summed E-state index contributed by atoms with van der Waals surface area (Å²) in [6, 6.07) is 6.61. The predicted octanol–water partition coefficient (Wildman–Crippen LogP) is 1.51. The third-order valence-electron chi connectivity index (χ3n) is 2.67. The van der Waals surface area contributed by atoms with Crippen molar-refractivity contribution in [2.24, 2.45) is 0 Å². The highest BCUT2D eigenvalue weighted by atomic mass is 16.3. The number of nitrogens with zero attached hydrogens (tertiary/aromatic N) is 1. The molecule has 2 aromatic rings. The summed E-state index contributed by atoms with van der Waals surface area (Å²) < 4.78 is 5.22. The maximum atomic E-state index is 9.66. The standard InChI is InChI=1S/C13H16N2O3/c1-9-4-5-12(17)10(15-9)7-14-11(8-16)13-3-2-6-18-13/h2-6,11,14,16-17H,7-8H2,1H3. The number of aromatic hydroxyl groups is 1. The summed E-state index contributed by atoms with van der Waals surface area (Å²) in [5, 5.41) is 22.0. The Morgan fingerprint density at radius 1 is 1.39 bits per heavy atom. The molecule has 96 valence electrons. The van der Waals surface area contributed by atoms with E-state index in [1.165, 1.54) is 0 Å². The van der Waals surface area contributed by atoms with Gasteiger partial charge in [-0.2, -0.15) is 0 Å². The van der Waals surface area contributed by atoms with Gasteiger partial charge in [-0.1, -0.05) is 0 Å². The number of pyridine rings is 1. The van der Waals surface area contributed by atoms with Crippen LogP contribution in [0.1, 0.15) is 23.2 Å². The Labute approximate surface area is 105 Å². The molecule has 2 rings (SSSR count). The molecular formula is C13H16N2O3. The van der Waals surface area contributed by atoms with Crippen molar-refractivity contribution in [2.75, 3.05) is 6.61 Å². The van der Waals surface area contributed by atoms with E-state index >= 15 is 0 Å². The topological polar surface area (TPSA) is 78.5 Å². The number of aliphatic hydroxyl groups excluding tert-OH is 1. The number of nitrogens with one attached hydrogen (secondary N) is 1. The van der Waals surface area contributed by atoms with Gasteiger partial charge in [-0.25, -0.2) is 0 Å². The second-order valence-corrected chi connectivity index (χ2v) is 4.05. The SMILES string of the molecule is Cc1ccc(O)c(CNC(CO)c2ccco2)n1. The quantitative estimate of drug-likeness (QED) is 0.747. The summed E-state index contributed by atoms with van der Waals surface area (Å²) in [5.74, 6) is 0.800. The molecule has 0 aliphatic rings. The zero-order valence-electron chi connectivity index (χ0n) is 10.1. The second-order valence-electron chi connectivity index (χ2n) is 4.05. The molecule has 0 bridgehead atoms. The van der Waals surface area contributed by atoms with Gasteiger partial charge in [0.25, 0.3) is 0 Å². The lowest BCUT2D eigenvalue weighted by Gasteiger charge is -2.14. The molecule has 1 unspecified atom stereocenters. The van der Waals surface area contributed by atoms with Crippen molar-refractivity contribution >= 4 is 0 Å². The average molecular weight is 248 g/mol. The van der Waals surface area contributed by atoms with E-state index in [1.807, 2.05) is 6.92 Å². The van der Waals surface area contributed by atoms with Crippen LogP contribution in [0.15, 0.2) is 34.9 Å². The van der Waals surface area contributed by atoms with Crippen molar-refractivity contribution in [1.82, 2.24) is 10.3 Å². The van der Waals surface area contributed by atoms with Gasteiger partial charge in [0.05, 0.1) is 24.6 Å². The molecule has 0 aliphatic heterocycles. The smallest absolute Gasteiger partial charge is 0.138 e. The highest BCUT2D eigenvalue weighted by Gasteiger charge is 2.13. The van der Waals surface area contributed by atoms with Crippen LogP contribution in [0.25, 0.3) is 0 Å². The van der Waals surface area contributed by atoms with Gasteiger partial charge in [0, 0.05) is 12.2 Å². The molecule has 0 aromatic carbocycles. The largest absolute Gasteiger partial charge is 0.506 e. The number of aliphatic hydroxyl groups is 1. The highest BCUT2D eigenvalue weighted by molar-refractivity contribution is 5.27. The van der Waals surface area contributed by atoms with Crippen LogP contribution in [0, 0.1) is 6.92 Å². The fourth-order valence-electron chi connectivity index (χ4n) is 1.70. The summed E-state index contributed by atoms with van der Waals surface area (Å²) in [4.78, 5) is 4.24. The number of aromatic nitrogens is 1. The lowest BCUT2D eigenvalue weighted by Crippen LogP contribution is -2.24. The maximum absolute atomic E-state index is 9.66. The first-order valence-corrected chi connectivity index (χ1v) is 5.74. The van der Waals surface area contributed by atoms with Gasteiger partial charge in [-0.3, -0.25) is 10.3 Å². The van der Waals surface area contributed by atoms with Crippen LogP contribution in [-0.4, -0.2) is 21.8 Å². The van der Waals surface area contributed by atoms with Crippen molar-refractivity contribution in [3.63, 3.8) is 0 Å². The first-order valence-electron chi connectivity index (χ1n) is 5.74. The van der Waals surface area contributed by atoms with E-state index in [2.05, 4.69) is 10.3 Å². The highest BCUT2D eigenvalue weighted by Crippen LogP contribution is 2.17. The van der Waals surface area contributed by atoms with Crippen LogP contribution in [0.4, 0.5) is 0 Å². The zero-order valence-corrected chi connectivity index (χ0v) is 10.1. The Kier molecular flexibility index (Phi) is 3.96. The van der Waals surface area contributed by atoms with Crippen LogP contribution in [0.2, 0.25) is 0 Å². The van der Waals surface area contributed by atoms with E-state index in [-0.39, 0.29) is 18.4 Å². The Morgan fingerprint density at radius 2 is 2.22 bits per heavy atom. The van der Waals surface area contributed by atoms with Crippen LogP contribution < -0.4 is 5.32 Å². The molecule has 5 nitrogen and oxygen atoms in total. The van der Waals surface area contributed by atoms with Crippen molar-refractivity contribution in [3.8, 4) is 5.75 Å². The summed E-state index contributed by atoms with van der Waals surface area (Å²) >= 11 is 0. The van der Waals surface area contributed by atoms with Gasteiger partial charge in [-0.15, -0.1) is 0 Å². The van der Waals surface area contributed by atoms with Crippen molar-refractivity contribution in [3.05, 3.63) is 47.7 Å². The number of rotatable bonds is 5. The predicted molar refractivity (Wildman–Crippen MR) is 66.0 cm³/mol. The third-order valence-corrected chi connectivity index (χ3v) is 2.67. The molecule has 18 heavy (non-hydrogen) atoms. The van der Waals surface area contributed by atoms with Crippen LogP contribution >= 0.6 is 0 Å². The molecule has 0 saturated heterocycles. The van der Waals surface area contributed by atoms with E-state index in [0.717, 1.165) is 5.69 Å². The fourth-order valence-corrected chi connectivity index (χ4v) is 1.70. The molecule has 5 heteroatoms. The number of aryl methyl sites for hydroxylation is 1. The lowest BCUT2D eigenvalue weighted by molar-refractivity contribution is 0.224. The first-order chi connectivity index (χ1) is 8.70. The molecule has 0 fully saturated rings. The molecule has 0 amide bonds. The fraction of sp³-hybridized carbons (Fsp3) is 0.308. The summed E-state index contributed by atoms with van der Waals surface area (Å²) in [7, 11) is 0. The third kappa shape index (κ3) is 2.88. The van der Waals surface area contributed by atoms with Crippen LogP contribution in [0.5, 0.6) is 5.75 Å². The monoisotopic (exact) mass is 248 g/mol. The summed E-state index contributed by atoms with van der Waals surface area (Å²) in [5.41, 5.74) is 1.39. The Hall–Kier alpha value is -1.85. The van der Waals surface area contributed by atoms with E-state index in [9.17, 15) is 10.2 Å². The van der Waals surface area contributed by atoms with Gasteiger partial charge in [0.15, 0.2) is 0 Å². The molecule has 3 N–H and O–H groups in total. The van der Waals surface area contributed by atoms with Gasteiger partial charge < -0.3 is 14.6 Å². The Balaban J connectivity index is 2.04. The minimum atomic E-state index is -0.304. The molecule has 0 saturated carbocycles. The van der Waals surface area contributed by atoms with Crippen LogP contribution in [0.3, 0.4) is 0 Å². The van der Waals surface area contributed by atoms with Gasteiger partial charge >= 0.3 is 0 Å². The van der Waals surface area contributed by atoms with Crippen molar-refractivity contribution < 1.29 is 14.6 Å². The molecule has 0 aliphatic carbocycles. The molecule has 1 atom stereocenters. The average Bonchev–Trinajstić information content (AvgIpc) is 2.88. The number of hydrogen-bond acceptors (Lipinski definition) is 5. The first kappa shape index (κ1) is 12.6. The van der Waals surface area contributed by atoms with Crippen molar-refractivity contribution in [1.29, 1.82) is 0 Å². The summed E-state index contributed by atoms with van der Waals surface area (Å²) in [6.45, 7) is 2.14. The molecule has 2 heterocycles. The van der Waals surface area contributed by atoms with Gasteiger partial charge in [0.2, 0.25) is 0 Å². The van der Waals surface area contributed by atoms with E-state index < -0.39 is 0 Å². The molecule has 2 aromatic heterocycles. The van der Waals surface area contributed by atoms with Gasteiger partial charge in [-0.05, 0) is 31.2 Å². The summed E-state index contributed by atoms with van der Waals surface area (Å²) in [6.07, 6.45) is 1.56. The second kappa shape index (κ2) is 5.66. The maximum Gasteiger partial charge on any atom is 0.138 e. The number of furan rings is 1. The molecule has 0 radical (unpaired) electrons. The lowest BCUT2D eigenvalue weighted by atomic mass is 10.2.